The number of nitrogens with zero attached hydrogens (tertiary/aromatic N) is 2. The van der Waals surface area contributed by atoms with Crippen LogP contribution in [0.4, 0.5) is 11.5 Å². The molecule has 0 atom stereocenters. The summed E-state index contributed by atoms with van der Waals surface area (Å²) >= 11 is 4.98. The lowest BCUT2D eigenvalue weighted by atomic mass is 10.2. The second kappa shape index (κ2) is 5.10. The molecule has 2 heterocycles. The third-order valence-electron chi connectivity index (χ3n) is 2.51. The number of hydrogen-bond donors (Lipinski definition) is 2. The van der Waals surface area contributed by atoms with Crippen molar-refractivity contribution in [2.45, 2.75) is 13.8 Å². The van der Waals surface area contributed by atoms with Crippen LogP contribution in [-0.4, -0.2) is 15.0 Å². The van der Waals surface area contributed by atoms with Crippen molar-refractivity contribution in [2.24, 2.45) is 5.73 Å². The Morgan fingerprint density at radius 1 is 1.33 bits per heavy atom. The minimum absolute atomic E-state index is 0.367. The molecule has 4 nitrogen and oxygen atoms in total. The van der Waals surface area contributed by atoms with Gasteiger partial charge in [0.25, 0.3) is 0 Å². The zero-order chi connectivity index (χ0) is 13.1. The Morgan fingerprint density at radius 2 is 2.11 bits per heavy atom. The molecule has 2 rings (SSSR count). The van der Waals surface area contributed by atoms with Gasteiger partial charge in [-0.25, -0.2) is 4.98 Å². The van der Waals surface area contributed by atoms with Crippen LogP contribution in [0.25, 0.3) is 0 Å². The SMILES string of the molecule is Cc1cc(C(N)=S)cc(Nc2cccnc2C)n1. The van der Waals surface area contributed by atoms with Crippen molar-refractivity contribution in [3.8, 4) is 0 Å². The first-order valence-electron chi connectivity index (χ1n) is 5.53. The van der Waals surface area contributed by atoms with E-state index >= 15 is 0 Å². The molecule has 0 saturated carbocycles. The van der Waals surface area contributed by atoms with Crippen molar-refractivity contribution in [2.75, 3.05) is 5.32 Å². The number of aryl methyl sites for hydroxylation is 2. The standard InChI is InChI=1S/C13H14N4S/c1-8-6-10(13(14)18)7-12(16-8)17-11-4-3-5-15-9(11)2/h3-7H,1-2H3,(H2,14,18)(H,16,17). The third-order valence-corrected chi connectivity index (χ3v) is 2.74. The quantitative estimate of drug-likeness (QED) is 0.828. The molecule has 0 bridgehead atoms. The Balaban J connectivity index is 2.35. The minimum Gasteiger partial charge on any atom is -0.389 e. The fourth-order valence-corrected chi connectivity index (χ4v) is 1.75. The average Bonchev–Trinajstić information content (AvgIpc) is 2.31. The Bertz CT molecular complexity index is 595. The zero-order valence-corrected chi connectivity index (χ0v) is 11.1. The molecule has 92 valence electrons. The predicted molar refractivity (Wildman–Crippen MR) is 77.1 cm³/mol. The first-order chi connectivity index (χ1) is 8.56. The van der Waals surface area contributed by atoms with E-state index in [4.69, 9.17) is 18.0 Å². The first-order valence-corrected chi connectivity index (χ1v) is 5.94. The number of nitrogens with two attached hydrogens (primary N) is 1. The lowest BCUT2D eigenvalue weighted by Gasteiger charge is -2.10. The molecule has 5 heteroatoms. The van der Waals surface area contributed by atoms with Gasteiger partial charge in [0.05, 0.1) is 11.4 Å². The van der Waals surface area contributed by atoms with E-state index < -0.39 is 0 Å². The summed E-state index contributed by atoms with van der Waals surface area (Å²) in [5.74, 6) is 0.717. The summed E-state index contributed by atoms with van der Waals surface area (Å²) in [4.78, 5) is 8.98. The van der Waals surface area contributed by atoms with Crippen LogP contribution in [0.2, 0.25) is 0 Å². The molecule has 0 aliphatic carbocycles. The number of rotatable bonds is 3. The molecule has 0 amide bonds. The number of thiocarbonyl (C=S) groups is 1. The summed E-state index contributed by atoms with van der Waals surface area (Å²) in [6.07, 6.45) is 1.75. The Hall–Kier alpha value is -2.01. The van der Waals surface area contributed by atoms with Crippen LogP contribution >= 0.6 is 12.2 Å². The van der Waals surface area contributed by atoms with Gasteiger partial charge in [0.2, 0.25) is 0 Å². The van der Waals surface area contributed by atoms with Gasteiger partial charge in [0.15, 0.2) is 0 Å². The summed E-state index contributed by atoms with van der Waals surface area (Å²) < 4.78 is 0. The van der Waals surface area contributed by atoms with Crippen molar-refractivity contribution in [1.29, 1.82) is 0 Å². The Morgan fingerprint density at radius 3 is 2.78 bits per heavy atom. The summed E-state index contributed by atoms with van der Waals surface area (Å²) in [6.45, 7) is 3.84. The predicted octanol–water partition coefficient (Wildman–Crippen LogP) is 2.47. The molecule has 0 spiro atoms. The molecular weight excluding hydrogens is 244 g/mol. The van der Waals surface area contributed by atoms with Crippen LogP contribution in [-0.2, 0) is 0 Å². The Labute approximate surface area is 111 Å². The minimum atomic E-state index is 0.367. The number of anilines is 2. The highest BCUT2D eigenvalue weighted by Gasteiger charge is 2.04. The van der Waals surface area contributed by atoms with Gasteiger partial charge in [0, 0.05) is 17.5 Å². The van der Waals surface area contributed by atoms with E-state index in [9.17, 15) is 0 Å². The molecule has 18 heavy (non-hydrogen) atoms. The maximum absolute atomic E-state index is 5.64. The Kier molecular flexibility index (Phi) is 3.53. The number of aromatic nitrogens is 2. The molecule has 0 unspecified atom stereocenters. The summed E-state index contributed by atoms with van der Waals surface area (Å²) in [7, 11) is 0. The highest BCUT2D eigenvalue weighted by Crippen LogP contribution is 2.18. The van der Waals surface area contributed by atoms with Crippen molar-refractivity contribution in [1.82, 2.24) is 9.97 Å². The van der Waals surface area contributed by atoms with E-state index in [1.165, 1.54) is 0 Å². The van der Waals surface area contributed by atoms with E-state index in [0.717, 1.165) is 22.6 Å². The molecule has 3 N–H and O–H groups in total. The molecular formula is C13H14N4S. The molecule has 0 aliphatic heterocycles. The lowest BCUT2D eigenvalue weighted by Crippen LogP contribution is -2.11. The summed E-state index contributed by atoms with van der Waals surface area (Å²) in [5.41, 5.74) is 9.15. The molecule has 0 aliphatic rings. The van der Waals surface area contributed by atoms with Crippen molar-refractivity contribution < 1.29 is 0 Å². The number of nitrogens with one attached hydrogen (secondary N) is 1. The van der Waals surface area contributed by atoms with Gasteiger partial charge in [-0.05, 0) is 38.1 Å². The fraction of sp³-hybridized carbons (Fsp3) is 0.154. The zero-order valence-electron chi connectivity index (χ0n) is 10.3. The molecule has 2 aromatic rings. The highest BCUT2D eigenvalue weighted by molar-refractivity contribution is 7.80. The number of pyridine rings is 2. The van der Waals surface area contributed by atoms with Gasteiger partial charge < -0.3 is 11.1 Å². The van der Waals surface area contributed by atoms with Gasteiger partial charge in [-0.2, -0.15) is 0 Å². The van der Waals surface area contributed by atoms with Crippen molar-refractivity contribution >= 4 is 28.7 Å². The van der Waals surface area contributed by atoms with Crippen LogP contribution in [0, 0.1) is 13.8 Å². The van der Waals surface area contributed by atoms with Gasteiger partial charge in [-0.1, -0.05) is 12.2 Å². The van der Waals surface area contributed by atoms with Gasteiger partial charge in [-0.3, -0.25) is 4.98 Å². The second-order valence-electron chi connectivity index (χ2n) is 4.01. The summed E-state index contributed by atoms with van der Waals surface area (Å²) in [6, 6.07) is 7.53. The van der Waals surface area contributed by atoms with E-state index in [0.29, 0.717) is 10.8 Å². The molecule has 0 saturated heterocycles. The van der Waals surface area contributed by atoms with Crippen molar-refractivity contribution in [3.63, 3.8) is 0 Å². The topological polar surface area (TPSA) is 63.8 Å². The number of hydrogen-bond acceptors (Lipinski definition) is 4. The van der Waals surface area contributed by atoms with E-state index in [1.807, 2.05) is 38.1 Å². The van der Waals surface area contributed by atoms with Crippen LogP contribution < -0.4 is 11.1 Å². The third kappa shape index (κ3) is 2.81. The van der Waals surface area contributed by atoms with Gasteiger partial charge in [-0.15, -0.1) is 0 Å². The smallest absolute Gasteiger partial charge is 0.131 e. The van der Waals surface area contributed by atoms with E-state index in [2.05, 4.69) is 15.3 Å². The maximum Gasteiger partial charge on any atom is 0.131 e. The second-order valence-corrected chi connectivity index (χ2v) is 4.45. The molecule has 0 radical (unpaired) electrons. The summed E-state index contributed by atoms with van der Waals surface area (Å²) in [5, 5.41) is 3.22. The first kappa shape index (κ1) is 12.4. The normalized spacial score (nSPS) is 10.1. The van der Waals surface area contributed by atoms with Crippen LogP contribution in [0.15, 0.2) is 30.5 Å². The van der Waals surface area contributed by atoms with Crippen LogP contribution in [0.5, 0.6) is 0 Å². The van der Waals surface area contributed by atoms with E-state index in [1.54, 1.807) is 6.20 Å². The van der Waals surface area contributed by atoms with Gasteiger partial charge >= 0.3 is 0 Å². The molecule has 2 aromatic heterocycles. The molecule has 0 aromatic carbocycles. The highest BCUT2D eigenvalue weighted by atomic mass is 32.1. The monoisotopic (exact) mass is 258 g/mol. The van der Waals surface area contributed by atoms with E-state index in [-0.39, 0.29) is 0 Å². The van der Waals surface area contributed by atoms with Crippen molar-refractivity contribution in [3.05, 3.63) is 47.4 Å². The largest absolute Gasteiger partial charge is 0.389 e. The van der Waals surface area contributed by atoms with Crippen LogP contribution in [0.3, 0.4) is 0 Å². The van der Waals surface area contributed by atoms with Gasteiger partial charge in [0.1, 0.15) is 10.8 Å². The lowest BCUT2D eigenvalue weighted by molar-refractivity contribution is 1.16. The molecule has 0 fully saturated rings. The average molecular weight is 258 g/mol. The van der Waals surface area contributed by atoms with Crippen LogP contribution in [0.1, 0.15) is 17.0 Å². The fourth-order valence-electron chi connectivity index (χ4n) is 1.63. The maximum atomic E-state index is 5.64.